The zero-order valence-corrected chi connectivity index (χ0v) is 11.3. The Labute approximate surface area is 112 Å². The van der Waals surface area contributed by atoms with Gasteiger partial charge >= 0.3 is 5.97 Å². The average molecular weight is 311 g/mol. The summed E-state index contributed by atoms with van der Waals surface area (Å²) in [5.74, 6) is -0.145. The van der Waals surface area contributed by atoms with Crippen molar-refractivity contribution < 1.29 is 14.3 Å². The lowest BCUT2D eigenvalue weighted by Crippen LogP contribution is -1.97. The normalized spacial score (nSPS) is 10.6. The fourth-order valence-electron chi connectivity index (χ4n) is 1.41. The van der Waals surface area contributed by atoms with Crippen molar-refractivity contribution in [3.8, 4) is 11.5 Å². The largest absolute Gasteiger partial charge is 0.481 e. The topological polar surface area (TPSA) is 76.2 Å². The Morgan fingerprint density at radius 1 is 1.44 bits per heavy atom. The van der Waals surface area contributed by atoms with Crippen LogP contribution in [0.2, 0.25) is 0 Å². The molecule has 0 unspecified atom stereocenters. The van der Waals surface area contributed by atoms with E-state index in [0.29, 0.717) is 11.8 Å². The number of hydrogen-bond acceptors (Lipinski definition) is 4. The molecule has 0 fully saturated rings. The van der Waals surface area contributed by atoms with Gasteiger partial charge in [0.05, 0.1) is 6.42 Å². The summed E-state index contributed by atoms with van der Waals surface area (Å²) >= 11 is 3.43. The first kappa shape index (κ1) is 12.8. The molecule has 0 bridgehead atoms. The second kappa shape index (κ2) is 5.30. The van der Waals surface area contributed by atoms with Gasteiger partial charge in [-0.2, -0.15) is 0 Å². The van der Waals surface area contributed by atoms with Gasteiger partial charge in [0.1, 0.15) is 0 Å². The van der Waals surface area contributed by atoms with Crippen molar-refractivity contribution in [1.82, 2.24) is 10.2 Å². The molecule has 0 aliphatic heterocycles. The zero-order valence-electron chi connectivity index (χ0n) is 9.68. The van der Waals surface area contributed by atoms with Gasteiger partial charge in [-0.1, -0.05) is 22.0 Å². The lowest BCUT2D eigenvalue weighted by molar-refractivity contribution is -0.137. The number of carbonyl (C=O) groups is 1. The van der Waals surface area contributed by atoms with E-state index in [4.69, 9.17) is 9.52 Å². The highest BCUT2D eigenvalue weighted by molar-refractivity contribution is 9.10. The van der Waals surface area contributed by atoms with E-state index < -0.39 is 5.97 Å². The van der Waals surface area contributed by atoms with Gasteiger partial charge in [-0.15, -0.1) is 10.2 Å². The van der Waals surface area contributed by atoms with Crippen LogP contribution in [0.4, 0.5) is 0 Å². The number of carboxylic acids is 1. The van der Waals surface area contributed by atoms with E-state index >= 15 is 0 Å². The SMILES string of the molecule is Cc1ccc(-c2nnc(CCC(=O)O)o2)cc1Br. The summed E-state index contributed by atoms with van der Waals surface area (Å²) in [4.78, 5) is 10.4. The molecule has 0 aliphatic carbocycles. The molecule has 18 heavy (non-hydrogen) atoms. The number of aromatic nitrogens is 2. The summed E-state index contributed by atoms with van der Waals surface area (Å²) < 4.78 is 6.37. The van der Waals surface area contributed by atoms with Gasteiger partial charge in [0.25, 0.3) is 0 Å². The Morgan fingerprint density at radius 2 is 2.22 bits per heavy atom. The molecule has 1 heterocycles. The molecule has 1 aromatic heterocycles. The number of halogens is 1. The molecule has 0 radical (unpaired) electrons. The Morgan fingerprint density at radius 3 is 2.89 bits per heavy atom. The number of benzene rings is 1. The standard InChI is InChI=1S/C12H11BrN2O3/c1-7-2-3-8(6-9(7)13)12-15-14-10(18-12)4-5-11(16)17/h2-3,6H,4-5H2,1H3,(H,16,17). The van der Waals surface area contributed by atoms with E-state index in [-0.39, 0.29) is 12.8 Å². The first-order valence-electron chi connectivity index (χ1n) is 5.37. The van der Waals surface area contributed by atoms with Crippen LogP contribution in [0.1, 0.15) is 17.9 Å². The number of hydrogen-bond donors (Lipinski definition) is 1. The smallest absolute Gasteiger partial charge is 0.303 e. The quantitative estimate of drug-likeness (QED) is 0.939. The minimum Gasteiger partial charge on any atom is -0.481 e. The highest BCUT2D eigenvalue weighted by Gasteiger charge is 2.10. The maximum Gasteiger partial charge on any atom is 0.303 e. The van der Waals surface area contributed by atoms with Crippen molar-refractivity contribution >= 4 is 21.9 Å². The van der Waals surface area contributed by atoms with E-state index in [1.54, 1.807) is 0 Å². The van der Waals surface area contributed by atoms with Crippen LogP contribution in [0, 0.1) is 6.92 Å². The van der Waals surface area contributed by atoms with E-state index in [9.17, 15) is 4.79 Å². The Bertz CT molecular complexity index is 580. The third-order valence-corrected chi connectivity index (χ3v) is 3.29. The van der Waals surface area contributed by atoms with Crippen LogP contribution >= 0.6 is 15.9 Å². The molecule has 5 nitrogen and oxygen atoms in total. The minimum absolute atomic E-state index is 0.0147. The lowest BCUT2D eigenvalue weighted by atomic mass is 10.1. The molecule has 0 saturated carbocycles. The maximum atomic E-state index is 10.4. The van der Waals surface area contributed by atoms with Crippen LogP contribution in [0.5, 0.6) is 0 Å². The van der Waals surface area contributed by atoms with Crippen LogP contribution in [0.15, 0.2) is 27.1 Å². The van der Waals surface area contributed by atoms with E-state index in [2.05, 4.69) is 26.1 Å². The molecule has 2 aromatic rings. The summed E-state index contributed by atoms with van der Waals surface area (Å²) in [7, 11) is 0. The van der Waals surface area contributed by atoms with Crippen molar-refractivity contribution in [2.45, 2.75) is 19.8 Å². The Kier molecular flexibility index (Phi) is 3.76. The summed E-state index contributed by atoms with van der Waals surface area (Å²) in [5.41, 5.74) is 1.92. The minimum atomic E-state index is -0.882. The van der Waals surface area contributed by atoms with Crippen molar-refractivity contribution in [3.63, 3.8) is 0 Å². The van der Waals surface area contributed by atoms with Gasteiger partial charge in [0, 0.05) is 16.5 Å². The monoisotopic (exact) mass is 310 g/mol. The van der Waals surface area contributed by atoms with Crippen LogP contribution in [0.3, 0.4) is 0 Å². The van der Waals surface area contributed by atoms with Crippen LogP contribution < -0.4 is 0 Å². The molecule has 1 N–H and O–H groups in total. The molecule has 0 spiro atoms. The molecule has 0 saturated heterocycles. The number of rotatable bonds is 4. The van der Waals surface area contributed by atoms with Gasteiger partial charge in [-0.05, 0) is 24.6 Å². The Balaban J connectivity index is 2.18. The molecule has 0 amide bonds. The second-order valence-corrected chi connectivity index (χ2v) is 4.71. The van der Waals surface area contributed by atoms with Gasteiger partial charge in [0.2, 0.25) is 11.8 Å². The number of carboxylic acid groups (broad SMARTS) is 1. The zero-order chi connectivity index (χ0) is 13.1. The summed E-state index contributed by atoms with van der Waals surface area (Å²) in [6.07, 6.45) is 0.231. The van der Waals surface area contributed by atoms with Crippen molar-refractivity contribution in [3.05, 3.63) is 34.1 Å². The highest BCUT2D eigenvalue weighted by atomic mass is 79.9. The van der Waals surface area contributed by atoms with Gasteiger partial charge in [-0.3, -0.25) is 4.79 Å². The third kappa shape index (κ3) is 2.95. The van der Waals surface area contributed by atoms with E-state index in [1.165, 1.54) is 0 Å². The average Bonchev–Trinajstić information content (AvgIpc) is 2.79. The molecular weight excluding hydrogens is 300 g/mol. The third-order valence-electron chi connectivity index (χ3n) is 2.44. The maximum absolute atomic E-state index is 10.4. The van der Waals surface area contributed by atoms with E-state index in [0.717, 1.165) is 15.6 Å². The summed E-state index contributed by atoms with van der Waals surface area (Å²) in [6, 6.07) is 5.72. The van der Waals surface area contributed by atoms with E-state index in [1.807, 2.05) is 25.1 Å². The number of nitrogens with zero attached hydrogens (tertiary/aromatic N) is 2. The molecule has 6 heteroatoms. The number of aryl methyl sites for hydroxylation is 2. The van der Waals surface area contributed by atoms with Crippen LogP contribution in [-0.2, 0) is 11.2 Å². The molecule has 94 valence electrons. The van der Waals surface area contributed by atoms with Crippen LogP contribution in [-0.4, -0.2) is 21.3 Å². The predicted molar refractivity (Wildman–Crippen MR) is 68.1 cm³/mol. The fraction of sp³-hybridized carbons (Fsp3) is 0.250. The molecule has 0 atom stereocenters. The first-order chi connectivity index (χ1) is 8.56. The van der Waals surface area contributed by atoms with Gasteiger partial charge in [-0.25, -0.2) is 0 Å². The van der Waals surface area contributed by atoms with Crippen molar-refractivity contribution in [2.75, 3.05) is 0 Å². The summed E-state index contributed by atoms with van der Waals surface area (Å²) in [5, 5.41) is 16.3. The highest BCUT2D eigenvalue weighted by Crippen LogP contribution is 2.24. The molecule has 0 aliphatic rings. The first-order valence-corrected chi connectivity index (χ1v) is 6.16. The second-order valence-electron chi connectivity index (χ2n) is 3.86. The molecular formula is C12H11BrN2O3. The Hall–Kier alpha value is -1.69. The molecule has 2 rings (SSSR count). The van der Waals surface area contributed by atoms with Crippen molar-refractivity contribution in [2.24, 2.45) is 0 Å². The molecule has 1 aromatic carbocycles. The van der Waals surface area contributed by atoms with Gasteiger partial charge in [0.15, 0.2) is 0 Å². The van der Waals surface area contributed by atoms with Gasteiger partial charge < -0.3 is 9.52 Å². The van der Waals surface area contributed by atoms with Crippen LogP contribution in [0.25, 0.3) is 11.5 Å². The summed E-state index contributed by atoms with van der Waals surface area (Å²) in [6.45, 7) is 1.99. The van der Waals surface area contributed by atoms with Crippen molar-refractivity contribution in [1.29, 1.82) is 0 Å². The fourth-order valence-corrected chi connectivity index (χ4v) is 1.79. The predicted octanol–water partition coefficient (Wildman–Crippen LogP) is 2.82. The number of aliphatic carboxylic acids is 1. The lowest BCUT2D eigenvalue weighted by Gasteiger charge is -1.99.